The van der Waals surface area contributed by atoms with Gasteiger partial charge < -0.3 is 9.64 Å². The zero-order chi connectivity index (χ0) is 22.7. The molecule has 0 saturated heterocycles. The molecule has 0 aromatic heterocycles. The Balaban J connectivity index is 1.72. The quantitative estimate of drug-likeness (QED) is 0.559. The molecule has 0 unspecified atom stereocenters. The molecule has 0 radical (unpaired) electrons. The van der Waals surface area contributed by atoms with E-state index in [2.05, 4.69) is 13.8 Å². The highest BCUT2D eigenvalue weighted by atomic mass is 16.5. The Morgan fingerprint density at radius 3 is 2.22 bits per heavy atom. The first kappa shape index (κ1) is 22.1. The van der Waals surface area contributed by atoms with Crippen LogP contribution >= 0.6 is 0 Å². The van der Waals surface area contributed by atoms with Gasteiger partial charge >= 0.3 is 0 Å². The molecule has 1 aliphatic heterocycles. The van der Waals surface area contributed by atoms with Crippen LogP contribution in [-0.4, -0.2) is 36.4 Å². The van der Waals surface area contributed by atoms with Gasteiger partial charge in [0.2, 0.25) is 0 Å². The summed E-state index contributed by atoms with van der Waals surface area (Å²) in [7, 11) is 1.86. The Kier molecular flexibility index (Phi) is 6.63. The summed E-state index contributed by atoms with van der Waals surface area (Å²) in [5.74, 6) is 0.822. The molecule has 168 valence electrons. The van der Waals surface area contributed by atoms with Gasteiger partial charge in [0.15, 0.2) is 0 Å². The maximum atomic E-state index is 13.7. The molecule has 2 aromatic rings. The number of amides is 2. The molecule has 4 rings (SSSR count). The van der Waals surface area contributed by atoms with E-state index in [1.807, 2.05) is 66.5 Å². The minimum atomic E-state index is -0.191. The lowest BCUT2D eigenvalue weighted by Crippen LogP contribution is -2.43. The zero-order valence-electron chi connectivity index (χ0n) is 19.2. The van der Waals surface area contributed by atoms with Gasteiger partial charge in [-0.2, -0.15) is 0 Å². The van der Waals surface area contributed by atoms with Crippen LogP contribution in [0.15, 0.2) is 60.3 Å². The minimum Gasteiger partial charge on any atom is -0.493 e. The second kappa shape index (κ2) is 9.60. The van der Waals surface area contributed by atoms with Crippen LogP contribution in [0.1, 0.15) is 51.5 Å². The zero-order valence-corrected chi connectivity index (χ0v) is 19.2. The molecule has 0 bridgehead atoms. The number of imide groups is 1. The van der Waals surface area contributed by atoms with Crippen LogP contribution < -0.4 is 9.64 Å². The Bertz CT molecular complexity index is 989. The van der Waals surface area contributed by atoms with Crippen LogP contribution in [0, 0.1) is 5.92 Å². The topological polar surface area (TPSA) is 49.9 Å². The molecule has 0 spiro atoms. The van der Waals surface area contributed by atoms with Crippen molar-refractivity contribution in [1.82, 2.24) is 4.90 Å². The molecule has 0 N–H and O–H groups in total. The van der Waals surface area contributed by atoms with Crippen LogP contribution in [0.2, 0.25) is 0 Å². The van der Waals surface area contributed by atoms with Crippen molar-refractivity contribution in [3.05, 3.63) is 65.9 Å². The van der Waals surface area contributed by atoms with Gasteiger partial charge in [0.1, 0.15) is 11.4 Å². The number of para-hydroxylation sites is 1. The van der Waals surface area contributed by atoms with Crippen molar-refractivity contribution in [1.29, 1.82) is 0 Å². The van der Waals surface area contributed by atoms with E-state index in [1.165, 1.54) is 11.3 Å². The molecule has 1 saturated carbocycles. The number of hydrogen-bond acceptors (Lipinski definition) is 4. The molecule has 0 atom stereocenters. The van der Waals surface area contributed by atoms with Crippen LogP contribution in [-0.2, 0) is 9.59 Å². The van der Waals surface area contributed by atoms with Crippen molar-refractivity contribution in [3.8, 4) is 5.75 Å². The fourth-order valence-corrected chi connectivity index (χ4v) is 4.54. The fourth-order valence-electron chi connectivity index (χ4n) is 4.54. The van der Waals surface area contributed by atoms with E-state index >= 15 is 0 Å². The predicted octanol–water partition coefficient (Wildman–Crippen LogP) is 5.27. The van der Waals surface area contributed by atoms with Gasteiger partial charge in [-0.3, -0.25) is 14.5 Å². The van der Waals surface area contributed by atoms with Crippen LogP contribution in [0.4, 0.5) is 5.69 Å². The maximum absolute atomic E-state index is 13.7. The molecule has 2 aromatic carbocycles. The van der Waals surface area contributed by atoms with Crippen molar-refractivity contribution >= 4 is 23.1 Å². The predicted molar refractivity (Wildman–Crippen MR) is 127 cm³/mol. The van der Waals surface area contributed by atoms with E-state index in [9.17, 15) is 9.59 Å². The summed E-state index contributed by atoms with van der Waals surface area (Å²) in [5, 5.41) is 0. The third-order valence-corrected chi connectivity index (χ3v) is 6.24. The molecule has 5 heteroatoms. The van der Waals surface area contributed by atoms with E-state index in [-0.39, 0.29) is 17.9 Å². The van der Waals surface area contributed by atoms with E-state index in [4.69, 9.17) is 4.74 Å². The summed E-state index contributed by atoms with van der Waals surface area (Å²) in [6, 6.07) is 17.2. The largest absolute Gasteiger partial charge is 0.493 e. The highest BCUT2D eigenvalue weighted by molar-refractivity contribution is 6.36. The summed E-state index contributed by atoms with van der Waals surface area (Å²) in [5.41, 5.74) is 2.55. The lowest BCUT2D eigenvalue weighted by Gasteiger charge is -2.30. The number of rotatable bonds is 7. The summed E-state index contributed by atoms with van der Waals surface area (Å²) in [6.45, 7) is 4.85. The monoisotopic (exact) mass is 432 g/mol. The Labute approximate surface area is 190 Å². The Morgan fingerprint density at radius 2 is 1.59 bits per heavy atom. The second-order valence-electron chi connectivity index (χ2n) is 9.12. The number of carbonyl (C=O) groups is 2. The van der Waals surface area contributed by atoms with Crippen LogP contribution in [0.25, 0.3) is 5.57 Å². The fraction of sp³-hybridized carbons (Fsp3) is 0.407. The number of anilines is 1. The van der Waals surface area contributed by atoms with E-state index in [1.54, 1.807) is 0 Å². The first-order chi connectivity index (χ1) is 15.5. The third-order valence-electron chi connectivity index (χ3n) is 6.24. The molecule has 5 nitrogen and oxygen atoms in total. The molecule has 1 aliphatic carbocycles. The number of ether oxygens (including phenoxy) is 1. The standard InChI is InChI=1S/C27H32N2O3/c1-19(2)18-32-23-16-14-20(15-17-23)24-25(28(3)21-10-6-4-7-11-21)27(31)29(26(24)30)22-12-8-5-9-13-22/h4,6-7,10-11,14-17,19,22H,5,8-9,12-13,18H2,1-3H3. The van der Waals surface area contributed by atoms with E-state index in [0.29, 0.717) is 23.8 Å². The van der Waals surface area contributed by atoms with Gasteiger partial charge in [-0.1, -0.05) is 63.4 Å². The molecule has 2 amide bonds. The summed E-state index contributed by atoms with van der Waals surface area (Å²) >= 11 is 0. The second-order valence-corrected chi connectivity index (χ2v) is 9.12. The average Bonchev–Trinajstić information content (AvgIpc) is 3.08. The number of carbonyl (C=O) groups excluding carboxylic acids is 2. The van der Waals surface area contributed by atoms with Gasteiger partial charge in [-0.05, 0) is 48.6 Å². The Morgan fingerprint density at radius 1 is 0.938 bits per heavy atom. The van der Waals surface area contributed by atoms with Gasteiger partial charge in [0.25, 0.3) is 11.8 Å². The Hall–Kier alpha value is -3.08. The third kappa shape index (κ3) is 4.43. The molecule has 32 heavy (non-hydrogen) atoms. The smallest absolute Gasteiger partial charge is 0.278 e. The number of nitrogens with zero attached hydrogens (tertiary/aromatic N) is 2. The van der Waals surface area contributed by atoms with Crippen molar-refractivity contribution in [2.75, 3.05) is 18.6 Å². The summed E-state index contributed by atoms with van der Waals surface area (Å²) < 4.78 is 5.80. The van der Waals surface area contributed by atoms with Crippen molar-refractivity contribution in [3.63, 3.8) is 0 Å². The van der Waals surface area contributed by atoms with Gasteiger partial charge in [-0.25, -0.2) is 0 Å². The SMILES string of the molecule is CC(C)COc1ccc(C2=C(N(C)c3ccccc3)C(=O)N(C3CCCCC3)C2=O)cc1. The summed E-state index contributed by atoms with van der Waals surface area (Å²) in [6.07, 6.45) is 5.05. The van der Waals surface area contributed by atoms with E-state index in [0.717, 1.165) is 42.7 Å². The molecule has 1 heterocycles. The lowest BCUT2D eigenvalue weighted by atomic mass is 9.94. The number of hydrogen-bond donors (Lipinski definition) is 0. The number of likely N-dealkylation sites (N-methyl/N-ethyl adjacent to an activating group) is 1. The lowest BCUT2D eigenvalue weighted by molar-refractivity contribution is -0.140. The van der Waals surface area contributed by atoms with Crippen LogP contribution in [0.5, 0.6) is 5.75 Å². The normalized spacial score (nSPS) is 17.4. The molecule has 1 fully saturated rings. The van der Waals surface area contributed by atoms with Gasteiger partial charge in [0.05, 0.1) is 12.2 Å². The summed E-state index contributed by atoms with van der Waals surface area (Å²) in [4.78, 5) is 30.7. The van der Waals surface area contributed by atoms with Gasteiger partial charge in [-0.15, -0.1) is 0 Å². The van der Waals surface area contributed by atoms with Crippen molar-refractivity contribution < 1.29 is 14.3 Å². The van der Waals surface area contributed by atoms with Crippen molar-refractivity contribution in [2.24, 2.45) is 5.92 Å². The van der Waals surface area contributed by atoms with Crippen LogP contribution in [0.3, 0.4) is 0 Å². The molecular formula is C27H32N2O3. The van der Waals surface area contributed by atoms with Gasteiger partial charge in [0, 0.05) is 18.8 Å². The minimum absolute atomic E-state index is 0.0194. The number of benzene rings is 2. The first-order valence-corrected chi connectivity index (χ1v) is 11.6. The average molecular weight is 433 g/mol. The molecular weight excluding hydrogens is 400 g/mol. The first-order valence-electron chi connectivity index (χ1n) is 11.6. The highest BCUT2D eigenvalue weighted by Crippen LogP contribution is 2.37. The highest BCUT2D eigenvalue weighted by Gasteiger charge is 2.44. The molecule has 2 aliphatic rings. The maximum Gasteiger partial charge on any atom is 0.278 e. The van der Waals surface area contributed by atoms with E-state index < -0.39 is 0 Å². The van der Waals surface area contributed by atoms with Crippen molar-refractivity contribution in [2.45, 2.75) is 52.0 Å².